The molecule has 0 amide bonds. The number of hydrogen-bond acceptors (Lipinski definition) is 5. The number of rotatable bonds is 3. The summed E-state index contributed by atoms with van der Waals surface area (Å²) < 4.78 is 13.6. The first-order valence-corrected chi connectivity index (χ1v) is 7.12. The Labute approximate surface area is 119 Å². The molecule has 3 rings (SSSR count). The van der Waals surface area contributed by atoms with Crippen LogP contribution in [0.2, 0.25) is 0 Å². The van der Waals surface area contributed by atoms with Crippen molar-refractivity contribution in [2.75, 3.05) is 6.61 Å². The SMILES string of the molecule is C[C@@H]1C[C@H](c2nc(Cn3cc(Br)cn3)no2)CCO1. The second kappa shape index (κ2) is 5.42. The molecular weight excluding hydrogens is 312 g/mol. The van der Waals surface area contributed by atoms with Crippen LogP contribution in [0.5, 0.6) is 0 Å². The molecule has 2 atom stereocenters. The van der Waals surface area contributed by atoms with E-state index in [0.717, 1.165) is 29.8 Å². The van der Waals surface area contributed by atoms with E-state index in [1.54, 1.807) is 10.9 Å². The largest absolute Gasteiger partial charge is 0.378 e. The van der Waals surface area contributed by atoms with Crippen LogP contribution in [0, 0.1) is 0 Å². The van der Waals surface area contributed by atoms with Gasteiger partial charge in [-0.05, 0) is 35.7 Å². The highest BCUT2D eigenvalue weighted by Crippen LogP contribution is 2.28. The lowest BCUT2D eigenvalue weighted by atomic mass is 9.96. The van der Waals surface area contributed by atoms with Crippen LogP contribution in [-0.4, -0.2) is 32.6 Å². The molecule has 2 aromatic rings. The Morgan fingerprint density at radius 2 is 2.42 bits per heavy atom. The third-order valence-corrected chi connectivity index (χ3v) is 3.63. The van der Waals surface area contributed by atoms with E-state index in [2.05, 4.69) is 38.1 Å². The Morgan fingerprint density at radius 3 is 3.16 bits per heavy atom. The van der Waals surface area contributed by atoms with Crippen molar-refractivity contribution in [3.05, 3.63) is 28.6 Å². The Balaban J connectivity index is 1.69. The number of hydrogen-bond donors (Lipinski definition) is 0. The van der Waals surface area contributed by atoms with Gasteiger partial charge >= 0.3 is 0 Å². The molecule has 1 saturated heterocycles. The van der Waals surface area contributed by atoms with Gasteiger partial charge in [0.2, 0.25) is 5.89 Å². The molecule has 0 radical (unpaired) electrons. The van der Waals surface area contributed by atoms with Crippen LogP contribution < -0.4 is 0 Å². The molecule has 0 N–H and O–H groups in total. The summed E-state index contributed by atoms with van der Waals surface area (Å²) in [5.74, 6) is 1.69. The highest BCUT2D eigenvalue weighted by atomic mass is 79.9. The molecule has 0 aliphatic carbocycles. The van der Waals surface area contributed by atoms with E-state index >= 15 is 0 Å². The van der Waals surface area contributed by atoms with E-state index in [1.807, 2.05) is 6.20 Å². The number of aromatic nitrogens is 4. The molecule has 0 bridgehead atoms. The van der Waals surface area contributed by atoms with Crippen molar-refractivity contribution in [2.24, 2.45) is 0 Å². The van der Waals surface area contributed by atoms with Crippen LogP contribution in [0.3, 0.4) is 0 Å². The van der Waals surface area contributed by atoms with E-state index in [1.165, 1.54) is 0 Å². The molecule has 2 aromatic heterocycles. The Morgan fingerprint density at radius 1 is 1.53 bits per heavy atom. The van der Waals surface area contributed by atoms with Crippen LogP contribution in [0.1, 0.15) is 37.4 Å². The van der Waals surface area contributed by atoms with Crippen LogP contribution >= 0.6 is 15.9 Å². The lowest BCUT2D eigenvalue weighted by Gasteiger charge is -2.24. The van der Waals surface area contributed by atoms with Gasteiger partial charge in [0.25, 0.3) is 0 Å². The van der Waals surface area contributed by atoms with Gasteiger partial charge in [0, 0.05) is 18.7 Å². The molecule has 3 heterocycles. The zero-order chi connectivity index (χ0) is 13.2. The lowest BCUT2D eigenvalue weighted by Crippen LogP contribution is -2.22. The smallest absolute Gasteiger partial charge is 0.230 e. The quantitative estimate of drug-likeness (QED) is 0.866. The molecule has 0 aromatic carbocycles. The van der Waals surface area contributed by atoms with Gasteiger partial charge < -0.3 is 9.26 Å². The van der Waals surface area contributed by atoms with Crippen LogP contribution in [0.15, 0.2) is 21.4 Å². The molecule has 0 saturated carbocycles. The van der Waals surface area contributed by atoms with Crippen molar-refractivity contribution in [1.29, 1.82) is 0 Å². The molecule has 7 heteroatoms. The third kappa shape index (κ3) is 3.03. The predicted octanol–water partition coefficient (Wildman–Crippen LogP) is 2.36. The summed E-state index contributed by atoms with van der Waals surface area (Å²) in [6, 6.07) is 0. The number of halogens is 1. The topological polar surface area (TPSA) is 66.0 Å². The molecular formula is C12H15BrN4O2. The average molecular weight is 327 g/mol. The third-order valence-electron chi connectivity index (χ3n) is 3.22. The highest BCUT2D eigenvalue weighted by molar-refractivity contribution is 9.10. The van der Waals surface area contributed by atoms with E-state index in [0.29, 0.717) is 18.3 Å². The summed E-state index contributed by atoms with van der Waals surface area (Å²) in [7, 11) is 0. The van der Waals surface area contributed by atoms with Gasteiger partial charge in [-0.3, -0.25) is 4.68 Å². The van der Waals surface area contributed by atoms with Crippen molar-refractivity contribution in [1.82, 2.24) is 19.9 Å². The van der Waals surface area contributed by atoms with Crippen molar-refractivity contribution in [2.45, 2.75) is 38.3 Å². The summed E-state index contributed by atoms with van der Waals surface area (Å²) in [5, 5.41) is 8.19. The fourth-order valence-corrected chi connectivity index (χ4v) is 2.62. The van der Waals surface area contributed by atoms with Gasteiger partial charge in [-0.25, -0.2) is 0 Å². The normalized spacial score (nSPS) is 23.7. The maximum atomic E-state index is 5.53. The summed E-state index contributed by atoms with van der Waals surface area (Å²) in [6.07, 6.45) is 5.76. The fraction of sp³-hybridized carbons (Fsp3) is 0.583. The molecule has 1 aliphatic heterocycles. The van der Waals surface area contributed by atoms with Gasteiger partial charge in [0.05, 0.1) is 16.8 Å². The molecule has 0 unspecified atom stereocenters. The maximum absolute atomic E-state index is 5.53. The van der Waals surface area contributed by atoms with Crippen molar-refractivity contribution < 1.29 is 9.26 Å². The van der Waals surface area contributed by atoms with Gasteiger partial charge in [-0.2, -0.15) is 10.1 Å². The van der Waals surface area contributed by atoms with Gasteiger partial charge in [-0.1, -0.05) is 5.16 Å². The summed E-state index contributed by atoms with van der Waals surface area (Å²) in [6.45, 7) is 3.36. The first-order chi connectivity index (χ1) is 9.20. The molecule has 1 aliphatic rings. The summed E-state index contributed by atoms with van der Waals surface area (Å²) in [4.78, 5) is 4.46. The molecule has 19 heavy (non-hydrogen) atoms. The molecule has 6 nitrogen and oxygen atoms in total. The number of nitrogens with zero attached hydrogens (tertiary/aromatic N) is 4. The Bertz CT molecular complexity index is 553. The monoisotopic (exact) mass is 326 g/mol. The molecule has 102 valence electrons. The fourth-order valence-electron chi connectivity index (χ4n) is 2.29. The first kappa shape index (κ1) is 12.8. The molecule has 1 fully saturated rings. The zero-order valence-corrected chi connectivity index (χ0v) is 12.2. The highest BCUT2D eigenvalue weighted by Gasteiger charge is 2.25. The second-order valence-corrected chi connectivity index (χ2v) is 5.72. The lowest BCUT2D eigenvalue weighted by molar-refractivity contribution is 0.0134. The van der Waals surface area contributed by atoms with E-state index < -0.39 is 0 Å². The first-order valence-electron chi connectivity index (χ1n) is 6.33. The zero-order valence-electron chi connectivity index (χ0n) is 10.6. The van der Waals surface area contributed by atoms with E-state index in [-0.39, 0.29) is 6.10 Å². The van der Waals surface area contributed by atoms with E-state index in [9.17, 15) is 0 Å². The average Bonchev–Trinajstić information content (AvgIpc) is 2.99. The Hall–Kier alpha value is -1.21. The minimum absolute atomic E-state index is 0.260. The van der Waals surface area contributed by atoms with Crippen LogP contribution in [0.25, 0.3) is 0 Å². The minimum atomic E-state index is 0.260. The minimum Gasteiger partial charge on any atom is -0.378 e. The Kier molecular flexibility index (Phi) is 3.65. The van der Waals surface area contributed by atoms with Crippen molar-refractivity contribution in [3.8, 4) is 0 Å². The van der Waals surface area contributed by atoms with Gasteiger partial charge in [0.15, 0.2) is 5.82 Å². The summed E-state index contributed by atoms with van der Waals surface area (Å²) in [5.41, 5.74) is 0. The van der Waals surface area contributed by atoms with Crippen LogP contribution in [-0.2, 0) is 11.3 Å². The van der Waals surface area contributed by atoms with Gasteiger partial charge in [-0.15, -0.1) is 0 Å². The second-order valence-electron chi connectivity index (χ2n) is 4.81. The van der Waals surface area contributed by atoms with Crippen LogP contribution in [0.4, 0.5) is 0 Å². The standard InChI is InChI=1S/C12H15BrN4O2/c1-8-4-9(2-3-18-8)12-15-11(16-19-12)7-17-6-10(13)5-14-17/h5-6,8-9H,2-4,7H2,1H3/t8-,9-/m1/s1. The number of ether oxygens (including phenoxy) is 1. The van der Waals surface area contributed by atoms with Gasteiger partial charge in [0.1, 0.15) is 6.54 Å². The predicted molar refractivity (Wildman–Crippen MR) is 70.7 cm³/mol. The molecule has 0 spiro atoms. The van der Waals surface area contributed by atoms with E-state index in [4.69, 9.17) is 9.26 Å². The summed E-state index contributed by atoms with van der Waals surface area (Å²) >= 11 is 3.36. The van der Waals surface area contributed by atoms with Crippen molar-refractivity contribution in [3.63, 3.8) is 0 Å². The maximum Gasteiger partial charge on any atom is 0.230 e. The van der Waals surface area contributed by atoms with Crippen molar-refractivity contribution >= 4 is 15.9 Å².